The highest BCUT2D eigenvalue weighted by Gasteiger charge is 2.10. The van der Waals surface area contributed by atoms with E-state index in [4.69, 9.17) is 0 Å². The van der Waals surface area contributed by atoms with Crippen molar-refractivity contribution in [2.24, 2.45) is 5.92 Å². The second-order valence-corrected chi connectivity index (χ2v) is 4.19. The van der Waals surface area contributed by atoms with E-state index in [9.17, 15) is 4.79 Å². The van der Waals surface area contributed by atoms with Gasteiger partial charge >= 0.3 is 0 Å². The fourth-order valence-electron chi connectivity index (χ4n) is 2.04. The van der Waals surface area contributed by atoms with Crippen molar-refractivity contribution in [2.45, 2.75) is 20.3 Å². The second-order valence-electron chi connectivity index (χ2n) is 4.19. The molecule has 0 spiro atoms. The first-order valence-electron chi connectivity index (χ1n) is 5.73. The second kappa shape index (κ2) is 4.48. The highest BCUT2D eigenvalue weighted by Crippen LogP contribution is 2.25. The molecule has 1 aliphatic carbocycles. The van der Waals surface area contributed by atoms with E-state index >= 15 is 0 Å². The topological polar surface area (TPSA) is 17.1 Å². The van der Waals surface area contributed by atoms with Gasteiger partial charge in [-0.1, -0.05) is 50.3 Å². The summed E-state index contributed by atoms with van der Waals surface area (Å²) < 4.78 is 0. The van der Waals surface area contributed by atoms with Gasteiger partial charge in [-0.05, 0) is 29.0 Å². The van der Waals surface area contributed by atoms with Crippen molar-refractivity contribution in [1.29, 1.82) is 0 Å². The molecular formula is C15H16O. The summed E-state index contributed by atoms with van der Waals surface area (Å²) in [7, 11) is 0. The Morgan fingerprint density at radius 3 is 2.69 bits per heavy atom. The summed E-state index contributed by atoms with van der Waals surface area (Å²) in [5, 5.41) is 0. The molecule has 0 amide bonds. The lowest BCUT2D eigenvalue weighted by atomic mass is 9.95. The molecular weight excluding hydrogens is 196 g/mol. The predicted molar refractivity (Wildman–Crippen MR) is 68.4 cm³/mol. The highest BCUT2D eigenvalue weighted by atomic mass is 16.1. The van der Waals surface area contributed by atoms with E-state index in [1.54, 1.807) is 0 Å². The Morgan fingerprint density at radius 1 is 1.25 bits per heavy atom. The van der Waals surface area contributed by atoms with Crippen molar-refractivity contribution in [2.75, 3.05) is 0 Å². The summed E-state index contributed by atoms with van der Waals surface area (Å²) >= 11 is 0. The first kappa shape index (κ1) is 10.9. The van der Waals surface area contributed by atoms with Crippen LogP contribution in [0.1, 0.15) is 40.9 Å². The van der Waals surface area contributed by atoms with Gasteiger partial charge in [-0.2, -0.15) is 0 Å². The third kappa shape index (κ3) is 1.85. The predicted octanol–water partition coefficient (Wildman–Crippen LogP) is 3.74. The van der Waals surface area contributed by atoms with Crippen molar-refractivity contribution in [1.82, 2.24) is 0 Å². The van der Waals surface area contributed by atoms with Gasteiger partial charge in [0.25, 0.3) is 0 Å². The van der Waals surface area contributed by atoms with E-state index in [-0.39, 0.29) is 0 Å². The summed E-state index contributed by atoms with van der Waals surface area (Å²) in [6.45, 7) is 4.22. The number of fused-ring (bicyclic) bond motifs is 1. The van der Waals surface area contributed by atoms with Gasteiger partial charge < -0.3 is 0 Å². The monoisotopic (exact) mass is 212 g/mol. The number of allylic oxidation sites excluding steroid dienone is 2. The van der Waals surface area contributed by atoms with Crippen LogP contribution in [-0.4, -0.2) is 6.29 Å². The SMILES string of the molecule is CCc1ccc2c(c1C=O)C=CC(C)C=C2. The van der Waals surface area contributed by atoms with Crippen LogP contribution >= 0.6 is 0 Å². The van der Waals surface area contributed by atoms with E-state index in [0.717, 1.165) is 35.0 Å². The molecule has 0 N–H and O–H groups in total. The van der Waals surface area contributed by atoms with Crippen molar-refractivity contribution in [3.05, 3.63) is 46.5 Å². The lowest BCUT2D eigenvalue weighted by molar-refractivity contribution is 0.112. The molecule has 0 radical (unpaired) electrons. The minimum Gasteiger partial charge on any atom is -0.298 e. The maximum atomic E-state index is 11.2. The van der Waals surface area contributed by atoms with Crippen molar-refractivity contribution in [3.63, 3.8) is 0 Å². The first-order chi connectivity index (χ1) is 7.76. The number of aryl methyl sites for hydroxylation is 1. The number of benzene rings is 1. The summed E-state index contributed by atoms with van der Waals surface area (Å²) in [5.41, 5.74) is 4.17. The third-order valence-electron chi connectivity index (χ3n) is 3.06. The minimum atomic E-state index is 0.428. The molecule has 0 heterocycles. The van der Waals surface area contributed by atoms with Crippen LogP contribution in [0.25, 0.3) is 12.2 Å². The van der Waals surface area contributed by atoms with Crippen LogP contribution in [0.4, 0.5) is 0 Å². The van der Waals surface area contributed by atoms with Crippen LogP contribution in [0.2, 0.25) is 0 Å². The maximum Gasteiger partial charge on any atom is 0.150 e. The number of rotatable bonds is 2. The molecule has 0 aliphatic heterocycles. The zero-order chi connectivity index (χ0) is 11.5. The molecule has 1 nitrogen and oxygen atoms in total. The van der Waals surface area contributed by atoms with Gasteiger partial charge in [0.05, 0.1) is 0 Å². The van der Waals surface area contributed by atoms with Crippen molar-refractivity contribution < 1.29 is 4.79 Å². The molecule has 0 bridgehead atoms. The molecule has 0 saturated carbocycles. The van der Waals surface area contributed by atoms with E-state index in [2.05, 4.69) is 50.3 Å². The number of aldehydes is 1. The molecule has 0 aromatic heterocycles. The summed E-state index contributed by atoms with van der Waals surface area (Å²) in [4.78, 5) is 11.2. The lowest BCUT2D eigenvalue weighted by Gasteiger charge is -2.08. The van der Waals surface area contributed by atoms with Crippen molar-refractivity contribution in [3.8, 4) is 0 Å². The molecule has 2 rings (SSSR count). The first-order valence-corrected chi connectivity index (χ1v) is 5.73. The molecule has 82 valence electrons. The van der Waals surface area contributed by atoms with E-state index in [1.807, 2.05) is 0 Å². The quantitative estimate of drug-likeness (QED) is 0.682. The highest BCUT2D eigenvalue weighted by molar-refractivity contribution is 5.87. The molecule has 1 aliphatic rings. The van der Waals surface area contributed by atoms with Gasteiger partial charge in [0.1, 0.15) is 0 Å². The summed E-state index contributed by atoms with van der Waals surface area (Å²) in [6.07, 6.45) is 10.3. The van der Waals surface area contributed by atoms with Crippen LogP contribution in [0, 0.1) is 5.92 Å². The molecule has 1 aromatic rings. The minimum absolute atomic E-state index is 0.428. The molecule has 16 heavy (non-hydrogen) atoms. The largest absolute Gasteiger partial charge is 0.298 e. The van der Waals surface area contributed by atoms with Gasteiger partial charge in [-0.15, -0.1) is 0 Å². The molecule has 1 aromatic carbocycles. The standard InChI is InChI=1S/C15H16O/c1-3-12-7-8-13-6-4-11(2)5-9-14(13)15(12)10-16/h4-11H,3H2,1-2H3. The number of carbonyl (C=O) groups excluding carboxylic acids is 1. The molecule has 1 heteroatoms. The Hall–Kier alpha value is -1.63. The fourth-order valence-corrected chi connectivity index (χ4v) is 2.04. The average molecular weight is 212 g/mol. The van der Waals surface area contributed by atoms with Crippen LogP contribution in [0.5, 0.6) is 0 Å². The average Bonchev–Trinajstić information content (AvgIpc) is 2.50. The van der Waals surface area contributed by atoms with Gasteiger partial charge in [0.2, 0.25) is 0 Å². The molecule has 1 unspecified atom stereocenters. The van der Waals surface area contributed by atoms with Crippen LogP contribution in [0.3, 0.4) is 0 Å². The van der Waals surface area contributed by atoms with E-state index in [1.165, 1.54) is 0 Å². The zero-order valence-electron chi connectivity index (χ0n) is 9.73. The summed E-state index contributed by atoms with van der Waals surface area (Å²) in [5.74, 6) is 0.428. The fraction of sp³-hybridized carbons (Fsp3) is 0.267. The van der Waals surface area contributed by atoms with E-state index < -0.39 is 0 Å². The number of hydrogen-bond acceptors (Lipinski definition) is 1. The van der Waals surface area contributed by atoms with Crippen LogP contribution < -0.4 is 0 Å². The Balaban J connectivity index is 2.65. The van der Waals surface area contributed by atoms with E-state index in [0.29, 0.717) is 5.92 Å². The Kier molecular flexibility index (Phi) is 3.04. The Bertz CT molecular complexity index is 467. The van der Waals surface area contributed by atoms with Gasteiger partial charge in [-0.3, -0.25) is 4.79 Å². The van der Waals surface area contributed by atoms with Gasteiger partial charge in [-0.25, -0.2) is 0 Å². The number of hydrogen-bond donors (Lipinski definition) is 0. The lowest BCUT2D eigenvalue weighted by Crippen LogP contribution is -1.96. The van der Waals surface area contributed by atoms with Crippen LogP contribution in [-0.2, 0) is 6.42 Å². The van der Waals surface area contributed by atoms with Crippen LogP contribution in [0.15, 0.2) is 24.3 Å². The Morgan fingerprint density at radius 2 is 2.00 bits per heavy atom. The smallest absolute Gasteiger partial charge is 0.150 e. The maximum absolute atomic E-state index is 11.2. The normalized spacial score (nSPS) is 18.0. The molecule has 0 saturated heterocycles. The third-order valence-corrected chi connectivity index (χ3v) is 3.06. The summed E-state index contributed by atoms with van der Waals surface area (Å²) in [6, 6.07) is 4.15. The van der Waals surface area contributed by atoms with Crippen molar-refractivity contribution >= 4 is 18.4 Å². The van der Waals surface area contributed by atoms with Gasteiger partial charge in [0, 0.05) is 5.56 Å². The zero-order valence-corrected chi connectivity index (χ0v) is 9.73. The number of carbonyl (C=O) groups is 1. The molecule has 0 fully saturated rings. The van der Waals surface area contributed by atoms with Gasteiger partial charge in [0.15, 0.2) is 6.29 Å². The molecule has 1 atom stereocenters. The Labute approximate surface area is 96.5 Å².